The molecule has 0 spiro atoms. The first kappa shape index (κ1) is 34.1. The standard InChI is InChI=1S/C37H46ClNO4/c1-10-11-12-27(22-37(8,9)21-24(3)32(41)18-23(2)17-25(4)40)34(42)33-20-31-35(43-33)29(36(5,6)7)19-30(39-31)26-13-15-28(38)16-14-26/h12-16,19-20,24,40H,2,4,10-11,17-18,21-22H2,1,3,5-9H3/b27-12-. The van der Waals surface area contributed by atoms with Crippen molar-refractivity contribution in [2.75, 3.05) is 0 Å². The van der Waals surface area contributed by atoms with Gasteiger partial charge in [0.25, 0.3) is 0 Å². The van der Waals surface area contributed by atoms with Crippen molar-refractivity contribution in [1.29, 1.82) is 0 Å². The number of aliphatic hydroxyl groups excluding tert-OH is 1. The lowest BCUT2D eigenvalue weighted by molar-refractivity contribution is -0.122. The Kier molecular flexibility index (Phi) is 11.0. The number of furan rings is 1. The Morgan fingerprint density at radius 3 is 2.30 bits per heavy atom. The smallest absolute Gasteiger partial charge is 0.223 e. The van der Waals surface area contributed by atoms with Gasteiger partial charge in [0.05, 0.1) is 11.5 Å². The van der Waals surface area contributed by atoms with Crippen molar-refractivity contribution >= 4 is 34.3 Å². The van der Waals surface area contributed by atoms with Crippen LogP contribution in [0.4, 0.5) is 0 Å². The Labute approximate surface area is 261 Å². The molecule has 3 aromatic rings. The van der Waals surface area contributed by atoms with Gasteiger partial charge in [-0.2, -0.15) is 0 Å². The van der Waals surface area contributed by atoms with Gasteiger partial charge in [-0.25, -0.2) is 4.98 Å². The average molecular weight is 604 g/mol. The first-order valence-electron chi connectivity index (χ1n) is 15.0. The van der Waals surface area contributed by atoms with Crippen molar-refractivity contribution in [1.82, 2.24) is 4.98 Å². The Morgan fingerprint density at radius 2 is 1.72 bits per heavy atom. The van der Waals surface area contributed by atoms with Gasteiger partial charge in [0.15, 0.2) is 11.3 Å². The molecule has 1 N–H and O–H groups in total. The number of aromatic nitrogens is 1. The second kappa shape index (κ2) is 13.9. The molecule has 230 valence electrons. The van der Waals surface area contributed by atoms with Gasteiger partial charge in [-0.05, 0) is 53.9 Å². The molecule has 3 rings (SSSR count). The summed E-state index contributed by atoms with van der Waals surface area (Å²) in [6, 6.07) is 11.3. The summed E-state index contributed by atoms with van der Waals surface area (Å²) in [6.45, 7) is 21.9. The number of halogens is 1. The monoisotopic (exact) mass is 603 g/mol. The first-order valence-corrected chi connectivity index (χ1v) is 15.4. The van der Waals surface area contributed by atoms with Crippen molar-refractivity contribution in [3.63, 3.8) is 0 Å². The quantitative estimate of drug-likeness (QED) is 0.0857. The summed E-state index contributed by atoms with van der Waals surface area (Å²) in [5.74, 6) is -0.0338. The fraction of sp³-hybridized carbons (Fsp3) is 0.432. The minimum absolute atomic E-state index is 0.00612. The molecule has 0 aliphatic carbocycles. The van der Waals surface area contributed by atoms with Crippen molar-refractivity contribution in [3.05, 3.63) is 88.9 Å². The van der Waals surface area contributed by atoms with Crippen LogP contribution in [0.2, 0.25) is 5.02 Å². The highest BCUT2D eigenvalue weighted by Gasteiger charge is 2.30. The number of rotatable bonds is 14. The lowest BCUT2D eigenvalue weighted by Crippen LogP contribution is -2.23. The average Bonchev–Trinajstić information content (AvgIpc) is 3.33. The van der Waals surface area contributed by atoms with Gasteiger partial charge in [-0.3, -0.25) is 9.59 Å². The third kappa shape index (κ3) is 9.27. The zero-order valence-electron chi connectivity index (χ0n) is 26.8. The number of Topliss-reactive ketones (excluding diaryl/α,β-unsaturated/α-hetero) is 2. The minimum atomic E-state index is -0.325. The largest absolute Gasteiger partial charge is 0.513 e. The van der Waals surface area contributed by atoms with Gasteiger partial charge in [0, 0.05) is 41.0 Å². The number of aliphatic hydroxyl groups is 1. The summed E-state index contributed by atoms with van der Waals surface area (Å²) in [5, 5.41) is 10.1. The van der Waals surface area contributed by atoms with E-state index < -0.39 is 0 Å². The number of unbranched alkanes of at least 4 members (excludes halogenated alkanes) is 1. The summed E-state index contributed by atoms with van der Waals surface area (Å²) in [5.41, 5.74) is 4.71. The first-order chi connectivity index (χ1) is 20.0. The number of pyridine rings is 1. The van der Waals surface area contributed by atoms with Crippen LogP contribution in [0.5, 0.6) is 0 Å². The number of benzene rings is 1. The Balaban J connectivity index is 1.92. The normalized spacial score (nSPS) is 13.3. The van der Waals surface area contributed by atoms with Crippen LogP contribution < -0.4 is 0 Å². The van der Waals surface area contributed by atoms with Crippen molar-refractivity contribution in [2.45, 2.75) is 92.4 Å². The van der Waals surface area contributed by atoms with E-state index >= 15 is 0 Å². The number of ketones is 2. The lowest BCUT2D eigenvalue weighted by Gasteiger charge is -2.28. The molecule has 0 radical (unpaired) electrons. The molecule has 2 aromatic heterocycles. The Hall–Kier alpha value is -3.44. The highest BCUT2D eigenvalue weighted by atomic mass is 35.5. The van der Waals surface area contributed by atoms with Crippen LogP contribution in [-0.4, -0.2) is 21.7 Å². The second-order valence-electron chi connectivity index (χ2n) is 13.6. The van der Waals surface area contributed by atoms with Crippen LogP contribution in [-0.2, 0) is 10.2 Å². The van der Waals surface area contributed by atoms with Gasteiger partial charge in [0.1, 0.15) is 11.3 Å². The maximum Gasteiger partial charge on any atom is 0.223 e. The Morgan fingerprint density at radius 1 is 1.07 bits per heavy atom. The predicted octanol–water partition coefficient (Wildman–Crippen LogP) is 10.8. The molecule has 5 nitrogen and oxygen atoms in total. The molecule has 2 heterocycles. The van der Waals surface area contributed by atoms with E-state index in [4.69, 9.17) is 21.0 Å². The summed E-state index contributed by atoms with van der Waals surface area (Å²) >= 11 is 6.12. The van der Waals surface area contributed by atoms with E-state index in [0.717, 1.165) is 29.7 Å². The zero-order chi connectivity index (χ0) is 32.1. The molecule has 6 heteroatoms. The van der Waals surface area contributed by atoms with Gasteiger partial charge < -0.3 is 9.52 Å². The number of hydrogen-bond acceptors (Lipinski definition) is 5. The van der Waals surface area contributed by atoms with Crippen molar-refractivity contribution in [3.8, 4) is 11.3 Å². The van der Waals surface area contributed by atoms with Crippen LogP contribution in [0.3, 0.4) is 0 Å². The molecule has 0 aliphatic rings. The molecule has 0 saturated heterocycles. The van der Waals surface area contributed by atoms with Crippen molar-refractivity contribution in [2.24, 2.45) is 11.3 Å². The summed E-state index contributed by atoms with van der Waals surface area (Å²) in [7, 11) is 0. The van der Waals surface area contributed by atoms with Crippen LogP contribution in [0, 0.1) is 11.3 Å². The fourth-order valence-corrected chi connectivity index (χ4v) is 5.61. The van der Waals surface area contributed by atoms with E-state index in [0.29, 0.717) is 40.1 Å². The van der Waals surface area contributed by atoms with E-state index in [-0.39, 0.29) is 52.7 Å². The molecule has 0 bridgehead atoms. The van der Waals surface area contributed by atoms with Gasteiger partial charge in [-0.1, -0.05) is 103 Å². The van der Waals surface area contributed by atoms with Gasteiger partial charge in [0.2, 0.25) is 5.78 Å². The molecule has 43 heavy (non-hydrogen) atoms. The summed E-state index contributed by atoms with van der Waals surface area (Å²) in [6.07, 6.45) is 5.23. The highest BCUT2D eigenvalue weighted by Crippen LogP contribution is 2.38. The molecule has 0 saturated carbocycles. The molecule has 0 fully saturated rings. The van der Waals surface area contributed by atoms with Crippen LogP contribution in [0.25, 0.3) is 22.4 Å². The Bertz CT molecular complexity index is 1530. The lowest BCUT2D eigenvalue weighted by atomic mass is 9.75. The minimum Gasteiger partial charge on any atom is -0.513 e. The van der Waals surface area contributed by atoms with E-state index in [1.807, 2.05) is 43.3 Å². The summed E-state index contributed by atoms with van der Waals surface area (Å²) < 4.78 is 6.30. The molecular weight excluding hydrogens is 558 g/mol. The van der Waals surface area contributed by atoms with Crippen LogP contribution in [0.1, 0.15) is 103 Å². The number of carbonyl (C=O) groups excluding carboxylic acids is 2. The molecule has 1 atom stereocenters. The fourth-order valence-electron chi connectivity index (χ4n) is 5.48. The molecule has 1 unspecified atom stereocenters. The predicted molar refractivity (Wildman–Crippen MR) is 178 cm³/mol. The molecular formula is C37H46ClNO4. The van der Waals surface area contributed by atoms with Gasteiger partial charge in [-0.15, -0.1) is 0 Å². The molecule has 0 aliphatic heterocycles. The van der Waals surface area contributed by atoms with E-state index in [2.05, 4.69) is 54.7 Å². The maximum absolute atomic E-state index is 14.0. The van der Waals surface area contributed by atoms with E-state index in [9.17, 15) is 14.7 Å². The third-order valence-electron chi connectivity index (χ3n) is 7.58. The maximum atomic E-state index is 14.0. The second-order valence-corrected chi connectivity index (χ2v) is 14.0. The summed E-state index contributed by atoms with van der Waals surface area (Å²) in [4.78, 5) is 31.8. The number of nitrogens with zero attached hydrogens (tertiary/aromatic N) is 1. The molecule has 0 amide bonds. The third-order valence-corrected chi connectivity index (χ3v) is 7.83. The number of hydrogen-bond donors (Lipinski definition) is 1. The number of allylic oxidation sites excluding steroid dienone is 3. The van der Waals surface area contributed by atoms with Gasteiger partial charge >= 0.3 is 0 Å². The van der Waals surface area contributed by atoms with Crippen LogP contribution in [0.15, 0.2) is 77.0 Å². The van der Waals surface area contributed by atoms with Crippen LogP contribution >= 0.6 is 11.6 Å². The SMILES string of the molecule is C=C(O)CC(=C)CC(=O)C(C)CC(C)(C)C/C(=C/CCC)C(=O)c1cc2nc(-c3ccc(Cl)cc3)cc(C(C)(C)C)c2o1. The topological polar surface area (TPSA) is 80.4 Å². The number of fused-ring (bicyclic) bond motifs is 1. The highest BCUT2D eigenvalue weighted by molar-refractivity contribution is 6.30. The van der Waals surface area contributed by atoms with Crippen molar-refractivity contribution < 1.29 is 19.1 Å². The van der Waals surface area contributed by atoms with E-state index in [1.165, 1.54) is 0 Å². The molecule has 1 aromatic carbocycles. The van der Waals surface area contributed by atoms with E-state index in [1.54, 1.807) is 6.07 Å². The number of carbonyl (C=O) groups is 2. The zero-order valence-corrected chi connectivity index (χ0v) is 27.5.